The van der Waals surface area contributed by atoms with Crippen LogP contribution in [0.25, 0.3) is 0 Å². The van der Waals surface area contributed by atoms with E-state index >= 15 is 0 Å². The van der Waals surface area contributed by atoms with E-state index < -0.39 is 0 Å². The molecule has 3 aliphatic rings. The second-order valence-electron chi connectivity index (χ2n) is 4.48. The minimum absolute atomic E-state index is 0.281. The second kappa shape index (κ2) is 2.85. The van der Waals surface area contributed by atoms with Gasteiger partial charge in [0.05, 0.1) is 12.0 Å². The highest BCUT2D eigenvalue weighted by Crippen LogP contribution is 2.51. The van der Waals surface area contributed by atoms with Gasteiger partial charge in [-0.1, -0.05) is 24.3 Å². The van der Waals surface area contributed by atoms with Crippen molar-refractivity contribution in [3.05, 3.63) is 35.4 Å². The Balaban J connectivity index is 2.14. The van der Waals surface area contributed by atoms with Crippen LogP contribution in [-0.4, -0.2) is 0 Å². The van der Waals surface area contributed by atoms with Gasteiger partial charge < -0.3 is 0 Å². The third kappa shape index (κ3) is 0.944. The summed E-state index contributed by atoms with van der Waals surface area (Å²) in [7, 11) is 0. The maximum atomic E-state index is 9.09. The highest BCUT2D eigenvalue weighted by atomic mass is 14.4. The summed E-state index contributed by atoms with van der Waals surface area (Å²) in [6.45, 7) is 0. The number of fused-ring (bicyclic) bond motifs is 2. The lowest BCUT2D eigenvalue weighted by Gasteiger charge is -2.41. The smallest absolute Gasteiger partial charge is 0.0662 e. The van der Waals surface area contributed by atoms with Crippen molar-refractivity contribution in [2.45, 2.75) is 31.1 Å². The van der Waals surface area contributed by atoms with Crippen LogP contribution in [0.2, 0.25) is 0 Å². The van der Waals surface area contributed by atoms with Gasteiger partial charge in [-0.2, -0.15) is 5.26 Å². The monoisotopic (exact) mass is 183 g/mol. The molecule has 0 saturated heterocycles. The molecule has 3 aliphatic carbocycles. The summed E-state index contributed by atoms with van der Waals surface area (Å²) in [6.07, 6.45) is 3.61. The molecule has 1 fully saturated rings. The summed E-state index contributed by atoms with van der Waals surface area (Å²) >= 11 is 0. The lowest BCUT2D eigenvalue weighted by molar-refractivity contribution is 0.298. The molecule has 0 spiro atoms. The summed E-state index contributed by atoms with van der Waals surface area (Å²) in [5, 5.41) is 9.09. The summed E-state index contributed by atoms with van der Waals surface area (Å²) in [5.41, 5.74) is 2.98. The average Bonchev–Trinajstić information content (AvgIpc) is 2.30. The van der Waals surface area contributed by atoms with Gasteiger partial charge in [0.1, 0.15) is 0 Å². The van der Waals surface area contributed by atoms with Gasteiger partial charge in [0, 0.05) is 5.92 Å². The molecule has 1 aromatic rings. The SMILES string of the molecule is N#C[C@H]1C[C@H]2CC[C@@H]1c1ccccc12. The molecule has 70 valence electrons. The van der Waals surface area contributed by atoms with Crippen molar-refractivity contribution in [2.75, 3.05) is 0 Å². The van der Waals surface area contributed by atoms with Crippen molar-refractivity contribution < 1.29 is 0 Å². The molecular formula is C13H13N. The van der Waals surface area contributed by atoms with Gasteiger partial charge in [0.2, 0.25) is 0 Å². The first kappa shape index (κ1) is 8.05. The molecule has 0 radical (unpaired) electrons. The molecule has 4 rings (SSSR count). The zero-order valence-corrected chi connectivity index (χ0v) is 8.11. The van der Waals surface area contributed by atoms with E-state index in [-0.39, 0.29) is 5.92 Å². The van der Waals surface area contributed by atoms with Gasteiger partial charge >= 0.3 is 0 Å². The number of hydrogen-bond donors (Lipinski definition) is 0. The molecule has 0 heterocycles. The fraction of sp³-hybridized carbons (Fsp3) is 0.462. The number of hydrogen-bond acceptors (Lipinski definition) is 1. The van der Waals surface area contributed by atoms with Crippen molar-refractivity contribution in [1.82, 2.24) is 0 Å². The fourth-order valence-electron chi connectivity index (χ4n) is 3.19. The van der Waals surface area contributed by atoms with Crippen LogP contribution in [-0.2, 0) is 0 Å². The van der Waals surface area contributed by atoms with Crippen LogP contribution in [0.1, 0.15) is 42.2 Å². The standard InChI is InChI=1S/C13H13N/c14-8-10-7-9-5-6-12(10)13-4-2-1-3-11(9)13/h1-4,9-10,12H,5-7H2/t9-,10-,12+/m1/s1. The van der Waals surface area contributed by atoms with Crippen LogP contribution in [0.5, 0.6) is 0 Å². The van der Waals surface area contributed by atoms with E-state index in [0.29, 0.717) is 11.8 Å². The Morgan fingerprint density at radius 3 is 2.71 bits per heavy atom. The van der Waals surface area contributed by atoms with Crippen molar-refractivity contribution in [2.24, 2.45) is 5.92 Å². The van der Waals surface area contributed by atoms with E-state index in [9.17, 15) is 0 Å². The lowest BCUT2D eigenvalue weighted by atomic mass is 9.62. The highest BCUT2D eigenvalue weighted by Gasteiger charge is 2.39. The topological polar surface area (TPSA) is 23.8 Å². The third-order valence-electron chi connectivity index (χ3n) is 3.85. The van der Waals surface area contributed by atoms with Gasteiger partial charge in [0.25, 0.3) is 0 Å². The van der Waals surface area contributed by atoms with Crippen LogP contribution in [0.4, 0.5) is 0 Å². The first-order valence-electron chi connectivity index (χ1n) is 5.38. The molecule has 1 nitrogen and oxygen atoms in total. The Bertz CT molecular complexity index is 402. The number of benzene rings is 1. The Kier molecular flexibility index (Phi) is 1.64. The Morgan fingerprint density at radius 2 is 1.93 bits per heavy atom. The molecule has 1 heteroatoms. The molecule has 0 unspecified atom stereocenters. The molecule has 0 aliphatic heterocycles. The quantitative estimate of drug-likeness (QED) is 0.606. The van der Waals surface area contributed by atoms with Crippen molar-refractivity contribution in [3.8, 4) is 6.07 Å². The lowest BCUT2D eigenvalue weighted by Crippen LogP contribution is -2.28. The van der Waals surface area contributed by atoms with Gasteiger partial charge in [-0.25, -0.2) is 0 Å². The number of nitrogens with zero attached hydrogens (tertiary/aromatic N) is 1. The van der Waals surface area contributed by atoms with Gasteiger partial charge in [-0.15, -0.1) is 0 Å². The summed E-state index contributed by atoms with van der Waals surface area (Å²) in [4.78, 5) is 0. The van der Waals surface area contributed by atoms with E-state index in [1.807, 2.05) is 0 Å². The number of nitriles is 1. The maximum Gasteiger partial charge on any atom is 0.0662 e. The van der Waals surface area contributed by atoms with E-state index in [4.69, 9.17) is 5.26 Å². The molecule has 1 aromatic carbocycles. The minimum Gasteiger partial charge on any atom is -0.198 e. The fourth-order valence-corrected chi connectivity index (χ4v) is 3.19. The van der Waals surface area contributed by atoms with Crippen molar-refractivity contribution >= 4 is 0 Å². The summed E-state index contributed by atoms with van der Waals surface area (Å²) in [5.74, 6) is 1.48. The molecular weight excluding hydrogens is 170 g/mol. The normalized spacial score (nSPS) is 33.5. The molecule has 1 saturated carbocycles. The average molecular weight is 183 g/mol. The Hall–Kier alpha value is -1.29. The zero-order valence-electron chi connectivity index (χ0n) is 8.11. The Morgan fingerprint density at radius 1 is 1.14 bits per heavy atom. The second-order valence-corrected chi connectivity index (χ2v) is 4.48. The number of rotatable bonds is 0. The van der Waals surface area contributed by atoms with Crippen molar-refractivity contribution in [1.29, 1.82) is 5.26 Å². The van der Waals surface area contributed by atoms with E-state index in [1.54, 1.807) is 0 Å². The zero-order chi connectivity index (χ0) is 9.54. The first-order chi connectivity index (χ1) is 6.90. The summed E-state index contributed by atoms with van der Waals surface area (Å²) in [6, 6.07) is 11.2. The summed E-state index contributed by atoms with van der Waals surface area (Å²) < 4.78 is 0. The van der Waals surface area contributed by atoms with Crippen LogP contribution in [0, 0.1) is 17.2 Å². The largest absolute Gasteiger partial charge is 0.198 e. The molecule has 0 aromatic heterocycles. The van der Waals surface area contributed by atoms with E-state index in [0.717, 1.165) is 6.42 Å². The van der Waals surface area contributed by atoms with E-state index in [1.165, 1.54) is 24.0 Å². The molecule has 0 N–H and O–H groups in total. The molecule has 3 atom stereocenters. The van der Waals surface area contributed by atoms with Crippen LogP contribution >= 0.6 is 0 Å². The maximum absolute atomic E-state index is 9.09. The predicted octanol–water partition coefficient (Wildman–Crippen LogP) is 3.19. The van der Waals surface area contributed by atoms with Gasteiger partial charge in [0.15, 0.2) is 0 Å². The van der Waals surface area contributed by atoms with Crippen LogP contribution < -0.4 is 0 Å². The first-order valence-corrected chi connectivity index (χ1v) is 5.38. The highest BCUT2D eigenvalue weighted by molar-refractivity contribution is 5.40. The molecule has 14 heavy (non-hydrogen) atoms. The Labute approximate surface area is 84.4 Å². The van der Waals surface area contributed by atoms with Crippen LogP contribution in [0.3, 0.4) is 0 Å². The van der Waals surface area contributed by atoms with Gasteiger partial charge in [-0.3, -0.25) is 0 Å². The molecule has 0 amide bonds. The van der Waals surface area contributed by atoms with Crippen LogP contribution in [0.15, 0.2) is 24.3 Å². The molecule has 2 bridgehead atoms. The minimum atomic E-state index is 0.281. The predicted molar refractivity (Wildman–Crippen MR) is 54.9 cm³/mol. The van der Waals surface area contributed by atoms with Gasteiger partial charge in [-0.05, 0) is 36.3 Å². The van der Waals surface area contributed by atoms with Crippen molar-refractivity contribution in [3.63, 3.8) is 0 Å². The third-order valence-corrected chi connectivity index (χ3v) is 3.85. The van der Waals surface area contributed by atoms with E-state index in [2.05, 4.69) is 30.3 Å².